The lowest BCUT2D eigenvalue weighted by molar-refractivity contribution is 0.0729. The van der Waals surface area contributed by atoms with Gasteiger partial charge in [0.1, 0.15) is 10.8 Å². The number of thiazole rings is 1. The van der Waals surface area contributed by atoms with Gasteiger partial charge >= 0.3 is 5.97 Å². The summed E-state index contributed by atoms with van der Waals surface area (Å²) in [4.78, 5) is 16.3. The molecule has 106 valence electrons. The minimum absolute atomic E-state index is 0.271. The number of thiophene rings is 1. The Morgan fingerprint density at radius 1 is 1.14 bits per heavy atom. The van der Waals surface area contributed by atoms with Crippen LogP contribution >= 0.6 is 45.9 Å². The summed E-state index contributed by atoms with van der Waals surface area (Å²) >= 11 is 14.7. The lowest BCUT2D eigenvalue weighted by atomic mass is 10.3. The maximum Gasteiger partial charge on any atom is 0.363 e. The second kappa shape index (κ2) is 6.15. The molecule has 2 heterocycles. The molecule has 0 radical (unpaired) electrons. The van der Waals surface area contributed by atoms with E-state index in [4.69, 9.17) is 27.9 Å². The average molecular weight is 356 g/mol. The highest BCUT2D eigenvalue weighted by Crippen LogP contribution is 2.28. The number of benzene rings is 1. The lowest BCUT2D eigenvalue weighted by Crippen LogP contribution is -2.08. The Kier molecular flexibility index (Phi) is 4.26. The van der Waals surface area contributed by atoms with Crippen molar-refractivity contribution in [3.8, 4) is 16.3 Å². The van der Waals surface area contributed by atoms with Crippen molar-refractivity contribution in [2.24, 2.45) is 0 Å². The zero-order chi connectivity index (χ0) is 14.8. The van der Waals surface area contributed by atoms with E-state index in [-0.39, 0.29) is 5.69 Å². The molecule has 0 fully saturated rings. The molecule has 3 nitrogen and oxygen atoms in total. The number of carbonyl (C=O) groups excluding carboxylic acids is 1. The van der Waals surface area contributed by atoms with Gasteiger partial charge < -0.3 is 4.74 Å². The van der Waals surface area contributed by atoms with E-state index in [1.54, 1.807) is 28.8 Å². The van der Waals surface area contributed by atoms with Crippen LogP contribution in [0.4, 0.5) is 0 Å². The van der Waals surface area contributed by atoms with Crippen LogP contribution in [0.15, 0.2) is 40.4 Å². The summed E-state index contributed by atoms with van der Waals surface area (Å²) in [6, 6.07) is 6.61. The minimum Gasteiger partial charge on any atom is -0.422 e. The van der Waals surface area contributed by atoms with E-state index in [9.17, 15) is 4.79 Å². The summed E-state index contributed by atoms with van der Waals surface area (Å²) in [6.07, 6.45) is 0. The third kappa shape index (κ3) is 3.27. The number of esters is 1. The summed E-state index contributed by atoms with van der Waals surface area (Å²) in [5.74, 6) is -0.189. The van der Waals surface area contributed by atoms with Gasteiger partial charge in [-0.15, -0.1) is 11.3 Å². The first-order chi connectivity index (χ1) is 10.1. The number of rotatable bonds is 3. The first kappa shape index (κ1) is 14.5. The van der Waals surface area contributed by atoms with Crippen molar-refractivity contribution in [2.45, 2.75) is 0 Å². The van der Waals surface area contributed by atoms with E-state index in [1.165, 1.54) is 17.4 Å². The van der Waals surface area contributed by atoms with Crippen LogP contribution in [0.5, 0.6) is 5.75 Å². The van der Waals surface area contributed by atoms with E-state index >= 15 is 0 Å². The molecule has 3 aromatic rings. The summed E-state index contributed by atoms with van der Waals surface area (Å²) in [6.45, 7) is 0. The van der Waals surface area contributed by atoms with Crippen molar-refractivity contribution in [3.63, 3.8) is 0 Å². The van der Waals surface area contributed by atoms with Gasteiger partial charge in [-0.05, 0) is 23.6 Å². The van der Waals surface area contributed by atoms with Gasteiger partial charge in [0.2, 0.25) is 0 Å². The summed E-state index contributed by atoms with van der Waals surface area (Å²) < 4.78 is 5.23. The fraction of sp³-hybridized carbons (Fsp3) is 0. The number of halogens is 2. The minimum atomic E-state index is -0.522. The number of hydrogen-bond donors (Lipinski definition) is 0. The van der Waals surface area contributed by atoms with E-state index < -0.39 is 5.97 Å². The molecule has 1 aromatic carbocycles. The normalized spacial score (nSPS) is 10.6. The van der Waals surface area contributed by atoms with E-state index in [0.29, 0.717) is 15.8 Å². The molecule has 2 aromatic heterocycles. The standard InChI is InChI=1S/C14H7Cl2NO2S2/c15-10-2-1-9(5-11(10)16)19-14(18)12-7-21-13(17-12)8-3-4-20-6-8/h1-7H. The van der Waals surface area contributed by atoms with Crippen LogP contribution in [0.25, 0.3) is 10.6 Å². The Morgan fingerprint density at radius 2 is 2.00 bits per heavy atom. The van der Waals surface area contributed by atoms with Gasteiger partial charge in [0.15, 0.2) is 5.69 Å². The Labute approximate surface area is 138 Å². The van der Waals surface area contributed by atoms with Gasteiger partial charge in [-0.3, -0.25) is 0 Å². The molecule has 0 saturated heterocycles. The van der Waals surface area contributed by atoms with Crippen LogP contribution < -0.4 is 4.74 Å². The maximum atomic E-state index is 12.0. The number of ether oxygens (including phenoxy) is 1. The van der Waals surface area contributed by atoms with Crippen LogP contribution in [-0.2, 0) is 0 Å². The third-order valence-corrected chi connectivity index (χ3v) is 4.90. The van der Waals surface area contributed by atoms with Crippen LogP contribution in [0.2, 0.25) is 10.0 Å². The highest BCUT2D eigenvalue weighted by Gasteiger charge is 2.15. The molecule has 0 aliphatic heterocycles. The average Bonchev–Trinajstić information content (AvgIpc) is 3.12. The fourth-order valence-electron chi connectivity index (χ4n) is 1.59. The van der Waals surface area contributed by atoms with Gasteiger partial charge in [-0.1, -0.05) is 23.2 Å². The van der Waals surface area contributed by atoms with E-state index in [0.717, 1.165) is 10.6 Å². The Morgan fingerprint density at radius 3 is 2.71 bits per heavy atom. The molecule has 7 heteroatoms. The van der Waals surface area contributed by atoms with Crippen LogP contribution in [0.1, 0.15) is 10.5 Å². The predicted molar refractivity (Wildman–Crippen MR) is 86.8 cm³/mol. The fourth-order valence-corrected chi connectivity index (χ4v) is 3.38. The van der Waals surface area contributed by atoms with Crippen molar-refractivity contribution < 1.29 is 9.53 Å². The lowest BCUT2D eigenvalue weighted by Gasteiger charge is -2.03. The van der Waals surface area contributed by atoms with Crippen molar-refractivity contribution in [1.29, 1.82) is 0 Å². The van der Waals surface area contributed by atoms with Gasteiger partial charge in [-0.2, -0.15) is 11.3 Å². The number of hydrogen-bond acceptors (Lipinski definition) is 5. The Bertz CT molecular complexity index is 784. The highest BCUT2D eigenvalue weighted by molar-refractivity contribution is 7.14. The molecule has 0 amide bonds. The Balaban J connectivity index is 1.78. The molecule has 0 spiro atoms. The zero-order valence-corrected chi connectivity index (χ0v) is 13.5. The molecule has 0 aliphatic carbocycles. The molecule has 0 saturated carbocycles. The molecule has 21 heavy (non-hydrogen) atoms. The number of aromatic nitrogens is 1. The highest BCUT2D eigenvalue weighted by atomic mass is 35.5. The second-order valence-corrected chi connectivity index (χ2v) is 6.47. The first-order valence-electron chi connectivity index (χ1n) is 5.79. The third-order valence-electron chi connectivity index (χ3n) is 2.58. The van der Waals surface area contributed by atoms with Gasteiger partial charge in [0.25, 0.3) is 0 Å². The van der Waals surface area contributed by atoms with Gasteiger partial charge in [0.05, 0.1) is 10.0 Å². The molecule has 3 rings (SSSR count). The van der Waals surface area contributed by atoms with Crippen molar-refractivity contribution in [2.75, 3.05) is 0 Å². The second-order valence-electron chi connectivity index (χ2n) is 4.02. The number of nitrogens with zero attached hydrogens (tertiary/aromatic N) is 1. The van der Waals surface area contributed by atoms with Crippen LogP contribution in [0, 0.1) is 0 Å². The van der Waals surface area contributed by atoms with E-state index in [2.05, 4.69) is 4.98 Å². The summed E-state index contributed by atoms with van der Waals surface area (Å²) in [7, 11) is 0. The topological polar surface area (TPSA) is 39.2 Å². The zero-order valence-electron chi connectivity index (χ0n) is 10.4. The first-order valence-corrected chi connectivity index (χ1v) is 8.36. The predicted octanol–water partition coefficient (Wildman–Crippen LogP) is 5.40. The quantitative estimate of drug-likeness (QED) is 0.466. The van der Waals surface area contributed by atoms with Crippen molar-refractivity contribution in [1.82, 2.24) is 4.98 Å². The summed E-state index contributed by atoms with van der Waals surface area (Å²) in [5, 5.41) is 7.14. The van der Waals surface area contributed by atoms with Crippen LogP contribution in [0.3, 0.4) is 0 Å². The molecular weight excluding hydrogens is 349 g/mol. The molecule has 0 N–H and O–H groups in total. The molecule has 0 atom stereocenters. The molecule has 0 bridgehead atoms. The van der Waals surface area contributed by atoms with Crippen molar-refractivity contribution in [3.05, 3.63) is 56.1 Å². The van der Waals surface area contributed by atoms with Gasteiger partial charge in [0, 0.05) is 22.4 Å². The molecule has 0 aliphatic rings. The SMILES string of the molecule is O=C(Oc1ccc(Cl)c(Cl)c1)c1csc(-c2ccsc2)n1. The van der Waals surface area contributed by atoms with Crippen LogP contribution in [-0.4, -0.2) is 11.0 Å². The van der Waals surface area contributed by atoms with Crippen molar-refractivity contribution >= 4 is 51.8 Å². The molecule has 0 unspecified atom stereocenters. The monoisotopic (exact) mass is 355 g/mol. The number of carbonyl (C=O) groups is 1. The summed E-state index contributed by atoms with van der Waals surface area (Å²) in [5.41, 5.74) is 1.27. The largest absolute Gasteiger partial charge is 0.422 e. The van der Waals surface area contributed by atoms with Gasteiger partial charge in [-0.25, -0.2) is 9.78 Å². The molecular formula is C14H7Cl2NO2S2. The Hall–Kier alpha value is -1.40. The smallest absolute Gasteiger partial charge is 0.363 e. The van der Waals surface area contributed by atoms with E-state index in [1.807, 2.05) is 16.8 Å². The maximum absolute atomic E-state index is 12.0.